The molecule has 0 saturated heterocycles. The van der Waals surface area contributed by atoms with Crippen LogP contribution in [0.1, 0.15) is 15.9 Å². The highest BCUT2D eigenvalue weighted by Crippen LogP contribution is 2.20. The summed E-state index contributed by atoms with van der Waals surface area (Å²) in [5, 5.41) is 11.7. The van der Waals surface area contributed by atoms with Crippen molar-refractivity contribution in [3.8, 4) is 0 Å². The van der Waals surface area contributed by atoms with Crippen molar-refractivity contribution in [3.63, 3.8) is 0 Å². The average molecular weight is 247 g/mol. The van der Waals surface area contributed by atoms with Crippen LogP contribution < -0.4 is 5.32 Å². The molecule has 0 bridgehead atoms. The van der Waals surface area contributed by atoms with Crippen molar-refractivity contribution in [2.24, 2.45) is 0 Å². The zero-order valence-electron chi connectivity index (χ0n) is 9.51. The average Bonchev–Trinajstić information content (AvgIpc) is 2.27. The second-order valence-corrected chi connectivity index (χ2v) is 3.73. The van der Waals surface area contributed by atoms with Gasteiger partial charge in [0.05, 0.1) is 0 Å². The fourth-order valence-electron chi connectivity index (χ4n) is 1.53. The topological polar surface area (TPSA) is 75.1 Å². The van der Waals surface area contributed by atoms with Crippen molar-refractivity contribution >= 4 is 17.5 Å². The number of aromatic nitrogens is 2. The molecule has 0 aliphatic heterocycles. The Morgan fingerprint density at radius 2 is 2.17 bits per heavy atom. The second-order valence-electron chi connectivity index (χ2n) is 3.73. The molecule has 0 aliphatic carbocycles. The van der Waals surface area contributed by atoms with Crippen LogP contribution in [0.25, 0.3) is 0 Å². The number of rotatable bonds is 3. The molecule has 1 aromatic carbocycles. The van der Waals surface area contributed by atoms with Gasteiger partial charge in [-0.1, -0.05) is 0 Å². The first-order chi connectivity index (χ1) is 8.56. The molecule has 18 heavy (non-hydrogen) atoms. The number of halogens is 1. The highest BCUT2D eigenvalue weighted by Gasteiger charge is 2.11. The van der Waals surface area contributed by atoms with Crippen molar-refractivity contribution in [3.05, 3.63) is 47.7 Å². The van der Waals surface area contributed by atoms with Crippen molar-refractivity contribution in [2.75, 3.05) is 5.32 Å². The summed E-state index contributed by atoms with van der Waals surface area (Å²) in [6, 6.07) is 4.33. The summed E-state index contributed by atoms with van der Waals surface area (Å²) >= 11 is 0. The summed E-state index contributed by atoms with van der Waals surface area (Å²) in [4.78, 5) is 18.4. The van der Waals surface area contributed by atoms with E-state index in [1.54, 1.807) is 13.0 Å². The molecule has 6 heteroatoms. The van der Waals surface area contributed by atoms with Gasteiger partial charge in [0.25, 0.3) is 0 Å². The molecule has 0 spiro atoms. The van der Waals surface area contributed by atoms with E-state index in [2.05, 4.69) is 15.3 Å². The maximum Gasteiger partial charge on any atom is 0.341 e. The lowest BCUT2D eigenvalue weighted by atomic mass is 10.2. The molecule has 2 rings (SSSR count). The molecule has 1 aromatic heterocycles. The van der Waals surface area contributed by atoms with Crippen molar-refractivity contribution in [1.82, 2.24) is 9.97 Å². The van der Waals surface area contributed by atoms with Gasteiger partial charge in [-0.3, -0.25) is 0 Å². The lowest BCUT2D eigenvalue weighted by Gasteiger charge is -2.08. The Morgan fingerprint density at radius 3 is 2.83 bits per heavy atom. The van der Waals surface area contributed by atoms with Gasteiger partial charge in [-0.25, -0.2) is 19.2 Å². The van der Waals surface area contributed by atoms with Gasteiger partial charge in [-0.2, -0.15) is 0 Å². The normalized spacial score (nSPS) is 10.1. The van der Waals surface area contributed by atoms with Crippen LogP contribution in [0.2, 0.25) is 0 Å². The second kappa shape index (κ2) is 4.79. The first-order valence-corrected chi connectivity index (χ1v) is 5.14. The Balaban J connectivity index is 2.37. The Bertz CT molecular complexity index is 581. The van der Waals surface area contributed by atoms with Crippen molar-refractivity contribution in [1.29, 1.82) is 0 Å². The lowest BCUT2D eigenvalue weighted by molar-refractivity contribution is 0.0697. The van der Waals surface area contributed by atoms with Crippen LogP contribution in [-0.4, -0.2) is 21.0 Å². The molecule has 0 fully saturated rings. The SMILES string of the molecule is Cc1cc(F)cc(Nc2ncncc2C(=O)O)c1. The van der Waals surface area contributed by atoms with Crippen LogP contribution in [0, 0.1) is 12.7 Å². The van der Waals surface area contributed by atoms with E-state index in [4.69, 9.17) is 5.11 Å². The third kappa shape index (κ3) is 2.60. The van der Waals surface area contributed by atoms with Crippen LogP contribution in [0.15, 0.2) is 30.7 Å². The number of nitrogens with zero attached hydrogens (tertiary/aromatic N) is 2. The Kier molecular flexibility index (Phi) is 3.18. The van der Waals surface area contributed by atoms with Crippen molar-refractivity contribution < 1.29 is 14.3 Å². The van der Waals surface area contributed by atoms with Crippen LogP contribution in [0.4, 0.5) is 15.9 Å². The summed E-state index contributed by atoms with van der Waals surface area (Å²) in [5.41, 5.74) is 1.09. The van der Waals surface area contributed by atoms with E-state index >= 15 is 0 Å². The number of hydrogen-bond donors (Lipinski definition) is 2. The highest BCUT2D eigenvalue weighted by atomic mass is 19.1. The minimum atomic E-state index is -1.15. The smallest absolute Gasteiger partial charge is 0.341 e. The molecule has 2 aromatic rings. The minimum absolute atomic E-state index is 0.0700. The van der Waals surface area contributed by atoms with Gasteiger partial charge in [0, 0.05) is 11.9 Å². The molecule has 0 radical (unpaired) electrons. The Morgan fingerprint density at radius 1 is 1.39 bits per heavy atom. The first-order valence-electron chi connectivity index (χ1n) is 5.14. The molecule has 5 nitrogen and oxygen atoms in total. The number of carbonyl (C=O) groups is 1. The number of aromatic carboxylic acids is 1. The zero-order valence-corrected chi connectivity index (χ0v) is 9.51. The van der Waals surface area contributed by atoms with Gasteiger partial charge in [0.1, 0.15) is 23.5 Å². The number of benzene rings is 1. The molecule has 0 saturated carbocycles. The molecule has 1 heterocycles. The summed E-state index contributed by atoms with van der Waals surface area (Å²) in [7, 11) is 0. The molecular formula is C12H10FN3O2. The molecule has 2 N–H and O–H groups in total. The fourth-order valence-corrected chi connectivity index (χ4v) is 1.53. The van der Waals surface area contributed by atoms with E-state index in [9.17, 15) is 9.18 Å². The van der Waals surface area contributed by atoms with Crippen LogP contribution in [0.3, 0.4) is 0 Å². The Hall–Kier alpha value is -2.50. The maximum absolute atomic E-state index is 13.2. The number of aryl methyl sites for hydroxylation is 1. The molecule has 0 unspecified atom stereocenters. The molecule has 92 valence electrons. The number of hydrogen-bond acceptors (Lipinski definition) is 4. The summed E-state index contributed by atoms with van der Waals surface area (Å²) < 4.78 is 13.2. The zero-order chi connectivity index (χ0) is 13.1. The predicted octanol–water partition coefficient (Wildman–Crippen LogP) is 2.37. The van der Waals surface area contributed by atoms with Gasteiger partial charge in [-0.15, -0.1) is 0 Å². The quantitative estimate of drug-likeness (QED) is 0.870. The van der Waals surface area contributed by atoms with Gasteiger partial charge in [-0.05, 0) is 30.7 Å². The van der Waals surface area contributed by atoms with Crippen LogP contribution in [-0.2, 0) is 0 Å². The number of nitrogens with one attached hydrogen (secondary N) is 1. The Labute approximate surface area is 102 Å². The van der Waals surface area contributed by atoms with E-state index in [0.717, 1.165) is 5.56 Å². The highest BCUT2D eigenvalue weighted by molar-refractivity contribution is 5.93. The third-order valence-corrected chi connectivity index (χ3v) is 2.25. The van der Waals surface area contributed by atoms with E-state index in [1.807, 2.05) is 0 Å². The largest absolute Gasteiger partial charge is 0.477 e. The van der Waals surface area contributed by atoms with Gasteiger partial charge in [0.15, 0.2) is 0 Å². The van der Waals surface area contributed by atoms with Gasteiger partial charge in [0.2, 0.25) is 0 Å². The van der Waals surface area contributed by atoms with E-state index in [-0.39, 0.29) is 11.4 Å². The van der Waals surface area contributed by atoms with Crippen LogP contribution in [0.5, 0.6) is 0 Å². The maximum atomic E-state index is 13.2. The van der Waals surface area contributed by atoms with Crippen molar-refractivity contribution in [2.45, 2.75) is 6.92 Å². The number of anilines is 2. The lowest BCUT2D eigenvalue weighted by Crippen LogP contribution is -2.05. The summed E-state index contributed by atoms with van der Waals surface area (Å²) in [6.07, 6.45) is 2.41. The molecular weight excluding hydrogens is 237 g/mol. The minimum Gasteiger partial charge on any atom is -0.477 e. The third-order valence-electron chi connectivity index (χ3n) is 2.25. The van der Waals surface area contributed by atoms with E-state index in [1.165, 1.54) is 24.7 Å². The van der Waals surface area contributed by atoms with E-state index < -0.39 is 11.8 Å². The summed E-state index contributed by atoms with van der Waals surface area (Å²) in [5.74, 6) is -1.42. The standard InChI is InChI=1S/C12H10FN3O2/c1-7-2-8(13)4-9(3-7)16-11-10(12(17)18)5-14-6-15-11/h2-6H,1H3,(H,17,18)(H,14,15,16). The molecule has 0 atom stereocenters. The summed E-state index contributed by atoms with van der Waals surface area (Å²) in [6.45, 7) is 1.74. The van der Waals surface area contributed by atoms with Crippen LogP contribution >= 0.6 is 0 Å². The number of carboxylic acid groups (broad SMARTS) is 1. The molecule has 0 aliphatic rings. The van der Waals surface area contributed by atoms with Gasteiger partial charge < -0.3 is 10.4 Å². The van der Waals surface area contributed by atoms with E-state index in [0.29, 0.717) is 5.69 Å². The molecule has 0 amide bonds. The monoisotopic (exact) mass is 247 g/mol. The fraction of sp³-hybridized carbons (Fsp3) is 0.0833. The first kappa shape index (κ1) is 12.0. The predicted molar refractivity (Wildman–Crippen MR) is 63.4 cm³/mol. The number of carboxylic acids is 1. The van der Waals surface area contributed by atoms with Gasteiger partial charge >= 0.3 is 5.97 Å².